The van der Waals surface area contributed by atoms with Crippen molar-refractivity contribution in [2.24, 2.45) is 5.92 Å². The van der Waals surface area contributed by atoms with E-state index in [-0.39, 0.29) is 12.1 Å². The molecule has 2 rings (SSSR count). The first-order valence-corrected chi connectivity index (χ1v) is 6.38. The minimum Gasteiger partial charge on any atom is -0.480 e. The number of carbonyl (C=O) groups excluding carboxylic acids is 1. The van der Waals surface area contributed by atoms with Crippen molar-refractivity contribution in [3.63, 3.8) is 0 Å². The van der Waals surface area contributed by atoms with Gasteiger partial charge in [0.15, 0.2) is 0 Å². The molecular weight excluding hydrogens is 220 g/mol. The van der Waals surface area contributed by atoms with Gasteiger partial charge in [0.1, 0.15) is 6.04 Å². The van der Waals surface area contributed by atoms with E-state index in [1.807, 2.05) is 0 Å². The van der Waals surface area contributed by atoms with E-state index in [2.05, 4.69) is 5.32 Å². The number of carbonyl (C=O) groups is 2. The minimum atomic E-state index is -0.877. The Kier molecular flexibility index (Phi) is 3.54. The van der Waals surface area contributed by atoms with Crippen LogP contribution < -0.4 is 5.32 Å². The normalized spacial score (nSPS) is 32.8. The molecule has 17 heavy (non-hydrogen) atoms. The molecule has 0 spiro atoms. The Hall–Kier alpha value is -1.26. The van der Waals surface area contributed by atoms with Gasteiger partial charge in [-0.2, -0.15) is 0 Å². The first kappa shape index (κ1) is 12.2. The van der Waals surface area contributed by atoms with Gasteiger partial charge in [-0.15, -0.1) is 0 Å². The van der Waals surface area contributed by atoms with Gasteiger partial charge in [0.05, 0.1) is 0 Å². The fourth-order valence-corrected chi connectivity index (χ4v) is 3.30. The smallest absolute Gasteiger partial charge is 0.326 e. The Bertz CT molecular complexity index is 319. The summed E-state index contributed by atoms with van der Waals surface area (Å²) in [6, 6.07) is -0.762. The van der Waals surface area contributed by atoms with Crippen molar-refractivity contribution >= 4 is 12.0 Å². The van der Waals surface area contributed by atoms with Crippen LogP contribution in [-0.2, 0) is 4.79 Å². The van der Waals surface area contributed by atoms with Crippen molar-refractivity contribution in [3.05, 3.63) is 0 Å². The van der Waals surface area contributed by atoms with E-state index in [0.29, 0.717) is 12.3 Å². The number of likely N-dealkylation sites (tertiary alicyclic amines) is 1. The van der Waals surface area contributed by atoms with E-state index in [4.69, 9.17) is 0 Å². The highest BCUT2D eigenvalue weighted by Crippen LogP contribution is 2.37. The van der Waals surface area contributed by atoms with Gasteiger partial charge in [0, 0.05) is 13.1 Å². The quantitative estimate of drug-likeness (QED) is 0.728. The molecule has 2 fully saturated rings. The minimum absolute atomic E-state index is 0.124. The van der Waals surface area contributed by atoms with Gasteiger partial charge in [-0.3, -0.25) is 0 Å². The van der Waals surface area contributed by atoms with Crippen molar-refractivity contribution in [2.45, 2.75) is 50.6 Å². The molecular formula is C12H20N2O3. The highest BCUT2D eigenvalue weighted by Gasteiger charge is 2.43. The second-order valence-electron chi connectivity index (χ2n) is 5.01. The largest absolute Gasteiger partial charge is 0.480 e. The number of carboxylic acid groups (broad SMARTS) is 1. The van der Waals surface area contributed by atoms with E-state index in [1.165, 1.54) is 6.42 Å². The predicted octanol–water partition coefficient (Wildman–Crippen LogP) is 1.43. The van der Waals surface area contributed by atoms with Crippen molar-refractivity contribution in [3.8, 4) is 0 Å². The Labute approximate surface area is 101 Å². The van der Waals surface area contributed by atoms with Crippen LogP contribution >= 0.6 is 0 Å². The van der Waals surface area contributed by atoms with E-state index in [1.54, 1.807) is 11.9 Å². The lowest BCUT2D eigenvalue weighted by atomic mass is 9.76. The first-order valence-electron chi connectivity index (χ1n) is 6.38. The molecule has 0 aromatic rings. The van der Waals surface area contributed by atoms with Crippen molar-refractivity contribution in [1.82, 2.24) is 10.2 Å². The zero-order valence-corrected chi connectivity index (χ0v) is 10.2. The summed E-state index contributed by atoms with van der Waals surface area (Å²) in [6.45, 7) is 0. The lowest BCUT2D eigenvalue weighted by Crippen LogP contribution is -2.59. The summed E-state index contributed by atoms with van der Waals surface area (Å²) < 4.78 is 0. The number of piperidine rings is 1. The van der Waals surface area contributed by atoms with Crippen LogP contribution in [0.5, 0.6) is 0 Å². The van der Waals surface area contributed by atoms with Gasteiger partial charge in [0.2, 0.25) is 0 Å². The molecule has 5 heteroatoms. The number of urea groups is 1. The Morgan fingerprint density at radius 2 is 1.88 bits per heavy atom. The van der Waals surface area contributed by atoms with Gasteiger partial charge in [0.25, 0.3) is 0 Å². The van der Waals surface area contributed by atoms with E-state index in [9.17, 15) is 14.7 Å². The van der Waals surface area contributed by atoms with Gasteiger partial charge >= 0.3 is 12.0 Å². The van der Waals surface area contributed by atoms with Crippen molar-refractivity contribution < 1.29 is 14.7 Å². The molecule has 1 saturated heterocycles. The maximum absolute atomic E-state index is 11.9. The standard InChI is InChI=1S/C12H20N2O3/c1-13-12(17)14-9-5-3-2-4-8(9)6-7-10(14)11(15)16/h8-10H,2-7H2,1H3,(H,13,17)(H,15,16). The molecule has 2 aliphatic rings. The van der Waals surface area contributed by atoms with Crippen LogP contribution in [0.25, 0.3) is 0 Å². The summed E-state index contributed by atoms with van der Waals surface area (Å²) in [4.78, 5) is 24.7. The Balaban J connectivity index is 2.21. The van der Waals surface area contributed by atoms with Gasteiger partial charge in [-0.1, -0.05) is 12.8 Å². The van der Waals surface area contributed by atoms with E-state index >= 15 is 0 Å². The zero-order chi connectivity index (χ0) is 12.4. The average molecular weight is 240 g/mol. The van der Waals surface area contributed by atoms with Crippen LogP contribution in [0.2, 0.25) is 0 Å². The third-order valence-electron chi connectivity index (χ3n) is 4.11. The molecule has 0 bridgehead atoms. The third-order valence-corrected chi connectivity index (χ3v) is 4.11. The number of amides is 2. The second kappa shape index (κ2) is 4.94. The molecule has 0 aromatic heterocycles. The van der Waals surface area contributed by atoms with Crippen LogP contribution in [0.1, 0.15) is 38.5 Å². The van der Waals surface area contributed by atoms with E-state index in [0.717, 1.165) is 25.7 Å². The molecule has 1 heterocycles. The molecule has 1 aliphatic carbocycles. The van der Waals surface area contributed by atoms with Crippen LogP contribution in [-0.4, -0.2) is 41.1 Å². The number of carboxylic acids is 1. The average Bonchev–Trinajstić information content (AvgIpc) is 2.36. The van der Waals surface area contributed by atoms with Crippen LogP contribution in [0.15, 0.2) is 0 Å². The van der Waals surface area contributed by atoms with Gasteiger partial charge < -0.3 is 15.3 Å². The molecule has 3 atom stereocenters. The molecule has 96 valence electrons. The maximum atomic E-state index is 11.9. The Morgan fingerprint density at radius 3 is 2.53 bits per heavy atom. The summed E-state index contributed by atoms with van der Waals surface area (Å²) in [5.74, 6) is -0.380. The summed E-state index contributed by atoms with van der Waals surface area (Å²) in [5.41, 5.74) is 0. The number of nitrogens with zero attached hydrogens (tertiary/aromatic N) is 1. The fourth-order valence-electron chi connectivity index (χ4n) is 3.30. The lowest BCUT2D eigenvalue weighted by molar-refractivity contribution is -0.145. The molecule has 0 aromatic carbocycles. The van der Waals surface area contributed by atoms with Crippen LogP contribution in [0, 0.1) is 5.92 Å². The van der Waals surface area contributed by atoms with Crippen LogP contribution in [0.3, 0.4) is 0 Å². The topological polar surface area (TPSA) is 69.6 Å². The number of hydrogen-bond donors (Lipinski definition) is 2. The molecule has 3 unspecified atom stereocenters. The van der Waals surface area contributed by atoms with Gasteiger partial charge in [-0.05, 0) is 31.6 Å². The summed E-state index contributed by atoms with van der Waals surface area (Å²) in [7, 11) is 1.56. The SMILES string of the molecule is CNC(=O)N1C(C(=O)O)CCC2CCCCC21. The number of aliphatic carboxylic acids is 1. The molecule has 2 amide bonds. The summed E-state index contributed by atoms with van der Waals surface area (Å²) in [6.07, 6.45) is 5.91. The number of nitrogens with one attached hydrogen (secondary N) is 1. The second-order valence-corrected chi connectivity index (χ2v) is 5.01. The van der Waals surface area contributed by atoms with E-state index < -0.39 is 12.0 Å². The number of fused-ring (bicyclic) bond motifs is 1. The molecule has 2 N–H and O–H groups in total. The molecule has 5 nitrogen and oxygen atoms in total. The number of hydrogen-bond acceptors (Lipinski definition) is 2. The van der Waals surface area contributed by atoms with Gasteiger partial charge in [-0.25, -0.2) is 9.59 Å². The highest BCUT2D eigenvalue weighted by molar-refractivity contribution is 5.83. The lowest BCUT2D eigenvalue weighted by Gasteiger charge is -2.46. The molecule has 0 radical (unpaired) electrons. The zero-order valence-electron chi connectivity index (χ0n) is 10.2. The first-order chi connectivity index (χ1) is 8.15. The molecule has 1 saturated carbocycles. The summed E-state index contributed by atoms with van der Waals surface area (Å²) in [5, 5.41) is 11.8. The number of rotatable bonds is 1. The maximum Gasteiger partial charge on any atom is 0.326 e. The monoisotopic (exact) mass is 240 g/mol. The fraction of sp³-hybridized carbons (Fsp3) is 0.833. The van der Waals surface area contributed by atoms with Crippen molar-refractivity contribution in [2.75, 3.05) is 7.05 Å². The predicted molar refractivity (Wildman–Crippen MR) is 62.7 cm³/mol. The highest BCUT2D eigenvalue weighted by atomic mass is 16.4. The molecule has 1 aliphatic heterocycles. The summed E-state index contributed by atoms with van der Waals surface area (Å²) >= 11 is 0. The Morgan fingerprint density at radius 1 is 1.18 bits per heavy atom. The third kappa shape index (κ3) is 2.23. The van der Waals surface area contributed by atoms with Crippen LogP contribution in [0.4, 0.5) is 4.79 Å². The van der Waals surface area contributed by atoms with Crippen molar-refractivity contribution in [1.29, 1.82) is 0 Å².